The second-order valence-electron chi connectivity index (χ2n) is 5.22. The van der Waals surface area contributed by atoms with Gasteiger partial charge in [-0.2, -0.15) is 0 Å². The number of H-pyrrole nitrogens is 1. The van der Waals surface area contributed by atoms with Crippen molar-refractivity contribution in [3.63, 3.8) is 0 Å². The van der Waals surface area contributed by atoms with Crippen LogP contribution in [-0.4, -0.2) is 11.0 Å². The van der Waals surface area contributed by atoms with Gasteiger partial charge in [0.2, 0.25) is 0 Å². The molecule has 1 aromatic carbocycles. The smallest absolute Gasteiger partial charge is 0.0458 e. The van der Waals surface area contributed by atoms with Crippen LogP contribution in [0, 0.1) is 0 Å². The fraction of sp³-hybridized carbons (Fsp3) is 0.467. The topological polar surface area (TPSA) is 27.8 Å². The molecule has 3 heteroatoms. The summed E-state index contributed by atoms with van der Waals surface area (Å²) in [7, 11) is 0. The molecule has 1 aromatic heterocycles. The predicted molar refractivity (Wildman–Crippen MR) is 77.0 cm³/mol. The molecular formula is C15H19ClN2. The fourth-order valence-electron chi connectivity index (χ4n) is 2.86. The van der Waals surface area contributed by atoms with Gasteiger partial charge in [-0.25, -0.2) is 0 Å². The Kier molecular flexibility index (Phi) is 3.57. The van der Waals surface area contributed by atoms with E-state index in [2.05, 4.69) is 16.5 Å². The van der Waals surface area contributed by atoms with Gasteiger partial charge in [-0.15, -0.1) is 0 Å². The van der Waals surface area contributed by atoms with Crippen LogP contribution in [0.2, 0.25) is 5.02 Å². The maximum absolute atomic E-state index is 6.06. The maximum Gasteiger partial charge on any atom is 0.0458 e. The highest BCUT2D eigenvalue weighted by Crippen LogP contribution is 2.23. The third-order valence-electron chi connectivity index (χ3n) is 3.92. The van der Waals surface area contributed by atoms with Crippen molar-refractivity contribution in [1.82, 2.24) is 10.3 Å². The first-order chi connectivity index (χ1) is 8.83. The molecular weight excluding hydrogens is 244 g/mol. The van der Waals surface area contributed by atoms with Gasteiger partial charge in [0.25, 0.3) is 0 Å². The molecule has 0 radical (unpaired) electrons. The summed E-state index contributed by atoms with van der Waals surface area (Å²) in [5.41, 5.74) is 2.48. The van der Waals surface area contributed by atoms with Crippen molar-refractivity contribution < 1.29 is 0 Å². The van der Waals surface area contributed by atoms with E-state index in [9.17, 15) is 0 Å². The molecule has 18 heavy (non-hydrogen) atoms. The van der Waals surface area contributed by atoms with Gasteiger partial charge >= 0.3 is 0 Å². The number of fused-ring (bicyclic) bond motifs is 1. The van der Waals surface area contributed by atoms with E-state index in [0.717, 1.165) is 11.6 Å². The average molecular weight is 263 g/mol. The summed E-state index contributed by atoms with van der Waals surface area (Å²) >= 11 is 6.06. The minimum absolute atomic E-state index is 0.697. The van der Waals surface area contributed by atoms with E-state index >= 15 is 0 Å². The summed E-state index contributed by atoms with van der Waals surface area (Å²) in [5, 5.41) is 5.72. The van der Waals surface area contributed by atoms with Gasteiger partial charge < -0.3 is 10.3 Å². The molecule has 0 saturated heterocycles. The van der Waals surface area contributed by atoms with Gasteiger partial charge in [0.15, 0.2) is 0 Å². The van der Waals surface area contributed by atoms with E-state index in [4.69, 9.17) is 11.6 Å². The van der Waals surface area contributed by atoms with E-state index in [1.54, 1.807) is 0 Å². The molecule has 0 atom stereocenters. The largest absolute Gasteiger partial charge is 0.361 e. The van der Waals surface area contributed by atoms with Gasteiger partial charge in [0, 0.05) is 34.7 Å². The van der Waals surface area contributed by atoms with E-state index in [1.165, 1.54) is 48.6 Å². The summed E-state index contributed by atoms with van der Waals surface area (Å²) in [6.45, 7) is 0.936. The highest BCUT2D eigenvalue weighted by atomic mass is 35.5. The second-order valence-corrected chi connectivity index (χ2v) is 5.66. The van der Waals surface area contributed by atoms with Gasteiger partial charge in [0.05, 0.1) is 0 Å². The third-order valence-corrected chi connectivity index (χ3v) is 4.15. The summed E-state index contributed by atoms with van der Waals surface area (Å²) in [4.78, 5) is 3.30. The number of halogens is 1. The van der Waals surface area contributed by atoms with E-state index in [1.807, 2.05) is 18.2 Å². The Morgan fingerprint density at radius 1 is 1.22 bits per heavy atom. The SMILES string of the molecule is Clc1ccc2[nH]cc(CNC3CCCCC3)c2c1. The zero-order chi connectivity index (χ0) is 12.4. The molecule has 1 fully saturated rings. The molecule has 1 aliphatic carbocycles. The lowest BCUT2D eigenvalue weighted by Gasteiger charge is -2.22. The Morgan fingerprint density at radius 3 is 2.89 bits per heavy atom. The molecule has 3 rings (SSSR count). The standard InChI is InChI=1S/C15H19ClN2/c16-12-6-7-15-14(8-12)11(10-18-15)9-17-13-4-2-1-3-5-13/h6-8,10,13,17-18H,1-5,9H2. The molecule has 0 bridgehead atoms. The third kappa shape index (κ3) is 2.55. The molecule has 1 saturated carbocycles. The zero-order valence-corrected chi connectivity index (χ0v) is 11.3. The predicted octanol–water partition coefficient (Wildman–Crippen LogP) is 4.24. The van der Waals surface area contributed by atoms with Crippen molar-refractivity contribution in [2.45, 2.75) is 44.7 Å². The first-order valence-electron chi connectivity index (χ1n) is 6.82. The van der Waals surface area contributed by atoms with Gasteiger partial charge in [-0.3, -0.25) is 0 Å². The Morgan fingerprint density at radius 2 is 2.06 bits per heavy atom. The van der Waals surface area contributed by atoms with Crippen molar-refractivity contribution in [2.75, 3.05) is 0 Å². The molecule has 2 N–H and O–H groups in total. The minimum Gasteiger partial charge on any atom is -0.361 e. The van der Waals surface area contributed by atoms with Gasteiger partial charge in [0.1, 0.15) is 0 Å². The summed E-state index contributed by atoms with van der Waals surface area (Å²) in [6, 6.07) is 6.72. The van der Waals surface area contributed by atoms with Crippen LogP contribution < -0.4 is 5.32 Å². The van der Waals surface area contributed by atoms with Crippen LogP contribution in [-0.2, 0) is 6.54 Å². The Bertz CT molecular complexity index is 526. The molecule has 0 amide bonds. The monoisotopic (exact) mass is 262 g/mol. The molecule has 2 nitrogen and oxygen atoms in total. The number of rotatable bonds is 3. The highest BCUT2D eigenvalue weighted by molar-refractivity contribution is 6.31. The van der Waals surface area contributed by atoms with Crippen LogP contribution in [0.15, 0.2) is 24.4 Å². The van der Waals surface area contributed by atoms with E-state index < -0.39 is 0 Å². The number of benzene rings is 1. The zero-order valence-electron chi connectivity index (χ0n) is 10.5. The van der Waals surface area contributed by atoms with Crippen molar-refractivity contribution in [3.05, 3.63) is 35.0 Å². The summed E-state index contributed by atoms with van der Waals surface area (Å²) in [5.74, 6) is 0. The Hall–Kier alpha value is -0.990. The van der Waals surface area contributed by atoms with Crippen molar-refractivity contribution in [1.29, 1.82) is 0 Å². The van der Waals surface area contributed by atoms with Crippen LogP contribution in [0.1, 0.15) is 37.7 Å². The summed E-state index contributed by atoms with van der Waals surface area (Å²) in [6.07, 6.45) is 8.89. The summed E-state index contributed by atoms with van der Waals surface area (Å²) < 4.78 is 0. The molecule has 0 aliphatic heterocycles. The van der Waals surface area contributed by atoms with Crippen LogP contribution in [0.25, 0.3) is 10.9 Å². The molecule has 96 valence electrons. The van der Waals surface area contributed by atoms with Gasteiger partial charge in [-0.05, 0) is 36.6 Å². The average Bonchev–Trinajstić information content (AvgIpc) is 2.80. The lowest BCUT2D eigenvalue weighted by atomic mass is 9.95. The number of aromatic amines is 1. The molecule has 1 aliphatic rings. The molecule has 2 aromatic rings. The number of nitrogens with one attached hydrogen (secondary N) is 2. The van der Waals surface area contributed by atoms with Gasteiger partial charge in [-0.1, -0.05) is 30.9 Å². The molecule has 1 heterocycles. The number of hydrogen-bond donors (Lipinski definition) is 2. The first-order valence-corrected chi connectivity index (χ1v) is 7.19. The van der Waals surface area contributed by atoms with Crippen LogP contribution >= 0.6 is 11.6 Å². The van der Waals surface area contributed by atoms with E-state index in [-0.39, 0.29) is 0 Å². The minimum atomic E-state index is 0.697. The number of hydrogen-bond acceptors (Lipinski definition) is 1. The van der Waals surface area contributed by atoms with Crippen molar-refractivity contribution >= 4 is 22.5 Å². The normalized spacial score (nSPS) is 17.4. The number of aromatic nitrogens is 1. The van der Waals surface area contributed by atoms with Crippen molar-refractivity contribution in [2.24, 2.45) is 0 Å². The van der Waals surface area contributed by atoms with E-state index in [0.29, 0.717) is 6.04 Å². The van der Waals surface area contributed by atoms with Crippen LogP contribution in [0.3, 0.4) is 0 Å². The maximum atomic E-state index is 6.06. The lowest BCUT2D eigenvalue weighted by molar-refractivity contribution is 0.373. The van der Waals surface area contributed by atoms with Crippen LogP contribution in [0.4, 0.5) is 0 Å². The molecule has 0 unspecified atom stereocenters. The second kappa shape index (κ2) is 5.33. The fourth-order valence-corrected chi connectivity index (χ4v) is 3.03. The van der Waals surface area contributed by atoms with Crippen LogP contribution in [0.5, 0.6) is 0 Å². The highest BCUT2D eigenvalue weighted by Gasteiger charge is 2.13. The quantitative estimate of drug-likeness (QED) is 0.851. The molecule has 0 spiro atoms. The lowest BCUT2D eigenvalue weighted by Crippen LogP contribution is -2.30. The first kappa shape index (κ1) is 12.1. The Labute approximate surface area is 113 Å². The Balaban J connectivity index is 1.72. The van der Waals surface area contributed by atoms with Crippen molar-refractivity contribution in [3.8, 4) is 0 Å².